The van der Waals surface area contributed by atoms with E-state index >= 15 is 0 Å². The number of carbonyl (C=O) groups excluding carboxylic acids is 2. The largest absolute Gasteiger partial charge is 0.351 e. The van der Waals surface area contributed by atoms with Gasteiger partial charge >= 0.3 is 6.03 Å². The molecule has 4 N–H and O–H groups in total. The summed E-state index contributed by atoms with van der Waals surface area (Å²) in [6.45, 7) is 2.55. The highest BCUT2D eigenvalue weighted by Crippen LogP contribution is 2.16. The van der Waals surface area contributed by atoms with Crippen LogP contribution in [0.5, 0.6) is 0 Å². The molecule has 0 unspecified atom stereocenters. The van der Waals surface area contributed by atoms with E-state index in [2.05, 4.69) is 15.7 Å². The van der Waals surface area contributed by atoms with Crippen LogP contribution in [-0.4, -0.2) is 28.5 Å². The van der Waals surface area contributed by atoms with Crippen LogP contribution in [0.25, 0.3) is 0 Å². The number of benzene rings is 1. The minimum Gasteiger partial charge on any atom is -0.351 e. The normalized spacial score (nSPS) is 10.5. The van der Waals surface area contributed by atoms with E-state index < -0.39 is 6.03 Å². The number of anilines is 1. The molecule has 2 aromatic rings. The van der Waals surface area contributed by atoms with Crippen molar-refractivity contribution in [2.24, 2.45) is 5.73 Å². The molecule has 0 aliphatic carbocycles. The number of rotatable bonds is 7. The third-order valence-electron chi connectivity index (χ3n) is 2.96. The zero-order chi connectivity index (χ0) is 16.7. The third-order valence-corrected chi connectivity index (χ3v) is 3.76. The lowest BCUT2D eigenvalue weighted by atomic mass is 10.2. The molecule has 1 aromatic heterocycles. The summed E-state index contributed by atoms with van der Waals surface area (Å²) in [5.74, 6) is -0.146. The molecule has 3 amide bonds. The molecule has 1 aromatic carbocycles. The first kappa shape index (κ1) is 16.9. The minimum atomic E-state index is -0.599. The predicted molar refractivity (Wildman–Crippen MR) is 89.7 cm³/mol. The average molecular weight is 333 g/mol. The van der Waals surface area contributed by atoms with E-state index in [1.165, 1.54) is 18.3 Å². The highest BCUT2D eigenvalue weighted by atomic mass is 32.1. The van der Waals surface area contributed by atoms with Gasteiger partial charge in [0.15, 0.2) is 5.13 Å². The fourth-order valence-electron chi connectivity index (χ4n) is 2.01. The smallest absolute Gasteiger partial charge is 0.326 e. The van der Waals surface area contributed by atoms with Gasteiger partial charge in [-0.2, -0.15) is 0 Å². The molecule has 0 atom stereocenters. The van der Waals surface area contributed by atoms with Crippen molar-refractivity contribution in [3.63, 3.8) is 0 Å². The van der Waals surface area contributed by atoms with Crippen molar-refractivity contribution in [3.8, 4) is 0 Å². The van der Waals surface area contributed by atoms with E-state index in [1.54, 1.807) is 5.01 Å². The van der Waals surface area contributed by atoms with Crippen molar-refractivity contribution in [2.75, 3.05) is 11.9 Å². The highest BCUT2D eigenvalue weighted by Gasteiger charge is 2.10. The van der Waals surface area contributed by atoms with E-state index in [9.17, 15) is 9.59 Å². The van der Waals surface area contributed by atoms with Gasteiger partial charge in [-0.3, -0.25) is 10.2 Å². The number of hydrogen-bond acceptors (Lipinski definition) is 5. The molecule has 0 radical (unpaired) electrons. The van der Waals surface area contributed by atoms with E-state index in [-0.39, 0.29) is 5.91 Å². The maximum Gasteiger partial charge on any atom is 0.326 e. The summed E-state index contributed by atoms with van der Waals surface area (Å²) in [4.78, 5) is 26.5. The molecule has 0 fully saturated rings. The number of nitrogens with two attached hydrogens (primary N) is 1. The van der Waals surface area contributed by atoms with Crippen molar-refractivity contribution < 1.29 is 9.59 Å². The molecule has 7 nitrogen and oxygen atoms in total. The number of aromatic nitrogens is 1. The predicted octanol–water partition coefficient (Wildman–Crippen LogP) is 1.73. The van der Waals surface area contributed by atoms with Crippen molar-refractivity contribution in [1.82, 2.24) is 15.4 Å². The maximum atomic E-state index is 11.1. The fourth-order valence-corrected chi connectivity index (χ4v) is 2.80. The van der Waals surface area contributed by atoms with Crippen LogP contribution in [0.4, 0.5) is 9.93 Å². The molecule has 1 heterocycles. The molecule has 8 heteroatoms. The molecule has 0 aliphatic rings. The van der Waals surface area contributed by atoms with Crippen LogP contribution in [0.2, 0.25) is 0 Å². The molecular formula is C15H19N5O2S. The lowest BCUT2D eigenvalue weighted by Crippen LogP contribution is -2.45. The van der Waals surface area contributed by atoms with Crippen LogP contribution in [0.1, 0.15) is 18.2 Å². The van der Waals surface area contributed by atoms with Gasteiger partial charge in [0, 0.05) is 31.8 Å². The average Bonchev–Trinajstić information content (AvgIpc) is 2.92. The molecule has 0 saturated carbocycles. The molecule has 122 valence electrons. The first-order chi connectivity index (χ1) is 11.0. The van der Waals surface area contributed by atoms with E-state index in [0.29, 0.717) is 24.6 Å². The Kier molecular flexibility index (Phi) is 6.07. The summed E-state index contributed by atoms with van der Waals surface area (Å²) in [6.07, 6.45) is 0.628. The summed E-state index contributed by atoms with van der Waals surface area (Å²) >= 11 is 1.37. The van der Waals surface area contributed by atoms with E-state index in [4.69, 9.17) is 5.73 Å². The Hall–Kier alpha value is -2.45. The lowest BCUT2D eigenvalue weighted by molar-refractivity contribution is -0.114. The Morgan fingerprint density at radius 2 is 2.04 bits per heavy atom. The van der Waals surface area contributed by atoms with Crippen molar-refractivity contribution in [3.05, 3.63) is 47.0 Å². The standard InChI is InChI=1S/C15H19N5O2S/c1-11(21)17-15-18-13(10-23-15)7-8-20(19-14(16)22)9-12-5-3-2-4-6-12/h2-6,10H,7-9H2,1H3,(H3,16,19,22)(H,17,18,21). The van der Waals surface area contributed by atoms with Gasteiger partial charge in [0.25, 0.3) is 0 Å². The van der Waals surface area contributed by atoms with Gasteiger partial charge < -0.3 is 11.1 Å². The van der Waals surface area contributed by atoms with E-state index in [0.717, 1.165) is 11.3 Å². The molecule has 0 spiro atoms. The lowest BCUT2D eigenvalue weighted by Gasteiger charge is -2.21. The zero-order valence-corrected chi connectivity index (χ0v) is 13.6. The van der Waals surface area contributed by atoms with Crippen LogP contribution >= 0.6 is 11.3 Å². The van der Waals surface area contributed by atoms with Gasteiger partial charge in [0.2, 0.25) is 5.91 Å². The van der Waals surface area contributed by atoms with Gasteiger partial charge in [-0.25, -0.2) is 14.8 Å². The Labute approximate surface area is 138 Å². The molecule has 0 aliphatic heterocycles. The van der Waals surface area contributed by atoms with Crippen molar-refractivity contribution >= 4 is 28.4 Å². The number of amides is 3. The summed E-state index contributed by atoms with van der Waals surface area (Å²) < 4.78 is 0. The Balaban J connectivity index is 1.93. The zero-order valence-electron chi connectivity index (χ0n) is 12.8. The van der Waals surface area contributed by atoms with Crippen LogP contribution < -0.4 is 16.5 Å². The van der Waals surface area contributed by atoms with Crippen LogP contribution in [0.15, 0.2) is 35.7 Å². The number of nitrogens with zero attached hydrogens (tertiary/aromatic N) is 2. The number of hydrogen-bond donors (Lipinski definition) is 3. The van der Waals surface area contributed by atoms with Gasteiger partial charge in [-0.1, -0.05) is 30.3 Å². The van der Waals surface area contributed by atoms with Gasteiger partial charge in [-0.15, -0.1) is 11.3 Å². The van der Waals surface area contributed by atoms with Crippen molar-refractivity contribution in [1.29, 1.82) is 0 Å². The van der Waals surface area contributed by atoms with E-state index in [1.807, 2.05) is 35.7 Å². The van der Waals surface area contributed by atoms with Gasteiger partial charge in [-0.05, 0) is 5.56 Å². The highest BCUT2D eigenvalue weighted by molar-refractivity contribution is 7.13. The van der Waals surface area contributed by atoms with Crippen LogP contribution in [0, 0.1) is 0 Å². The SMILES string of the molecule is CC(=O)Nc1nc(CCN(Cc2ccccc2)NC(N)=O)cs1. The summed E-state index contributed by atoms with van der Waals surface area (Å²) in [5.41, 5.74) is 9.76. The van der Waals surface area contributed by atoms with Crippen LogP contribution in [0.3, 0.4) is 0 Å². The molecule has 2 rings (SSSR count). The topological polar surface area (TPSA) is 100 Å². The summed E-state index contributed by atoms with van der Waals surface area (Å²) in [5, 5.41) is 6.85. The number of primary amides is 1. The fraction of sp³-hybridized carbons (Fsp3) is 0.267. The quantitative estimate of drug-likeness (QED) is 0.672. The summed E-state index contributed by atoms with van der Waals surface area (Å²) in [6, 6.07) is 9.18. The molecular weight excluding hydrogens is 314 g/mol. The first-order valence-corrected chi connectivity index (χ1v) is 7.98. The number of thiazole rings is 1. The van der Waals surface area contributed by atoms with Gasteiger partial charge in [0.05, 0.1) is 5.69 Å². The first-order valence-electron chi connectivity index (χ1n) is 7.10. The number of hydrazine groups is 1. The summed E-state index contributed by atoms with van der Waals surface area (Å²) in [7, 11) is 0. The Bertz CT molecular complexity index is 659. The second kappa shape index (κ2) is 8.25. The second-order valence-corrected chi connectivity index (χ2v) is 5.82. The number of urea groups is 1. The van der Waals surface area contributed by atoms with Gasteiger partial charge in [0.1, 0.15) is 0 Å². The number of carbonyl (C=O) groups is 2. The molecule has 0 saturated heterocycles. The third kappa shape index (κ3) is 6.05. The number of nitrogens with one attached hydrogen (secondary N) is 2. The maximum absolute atomic E-state index is 11.1. The minimum absolute atomic E-state index is 0.146. The van der Waals surface area contributed by atoms with Crippen LogP contribution in [-0.2, 0) is 17.8 Å². The van der Waals surface area contributed by atoms with Crippen molar-refractivity contribution in [2.45, 2.75) is 19.9 Å². The second-order valence-electron chi connectivity index (χ2n) is 4.96. The Morgan fingerprint density at radius 1 is 1.30 bits per heavy atom. The molecule has 23 heavy (non-hydrogen) atoms. The molecule has 0 bridgehead atoms. The monoisotopic (exact) mass is 333 g/mol. The Morgan fingerprint density at radius 3 is 2.70 bits per heavy atom.